The summed E-state index contributed by atoms with van der Waals surface area (Å²) in [7, 11) is 0. The van der Waals surface area contributed by atoms with Crippen LogP contribution in [0.25, 0.3) is 0 Å². The van der Waals surface area contributed by atoms with Crippen molar-refractivity contribution in [3.05, 3.63) is 0 Å². The molecule has 0 aromatic carbocycles. The SMILES string of the molecule is CC(C)OP(O)(=S)OC(C)C.NN. The molecule has 0 spiro atoms. The van der Waals surface area contributed by atoms with Crippen LogP contribution in [0.3, 0.4) is 0 Å². The summed E-state index contributed by atoms with van der Waals surface area (Å²) >= 11 is 4.72. The maximum Gasteiger partial charge on any atom is 0.325 e. The zero-order chi connectivity index (χ0) is 11.1. The van der Waals surface area contributed by atoms with Crippen LogP contribution in [0.15, 0.2) is 0 Å². The van der Waals surface area contributed by atoms with Gasteiger partial charge in [-0.3, -0.25) is 11.7 Å². The predicted octanol–water partition coefficient (Wildman–Crippen LogP) is 0.872. The van der Waals surface area contributed by atoms with Crippen LogP contribution in [0.1, 0.15) is 27.7 Å². The van der Waals surface area contributed by atoms with Gasteiger partial charge in [-0.05, 0) is 39.5 Å². The molecule has 0 unspecified atom stereocenters. The molecule has 5 N–H and O–H groups in total. The van der Waals surface area contributed by atoms with Gasteiger partial charge >= 0.3 is 6.72 Å². The molecule has 0 amide bonds. The molecule has 0 saturated carbocycles. The minimum absolute atomic E-state index is 0.0930. The lowest BCUT2D eigenvalue weighted by Crippen LogP contribution is -2.06. The molecule has 0 aliphatic carbocycles. The summed E-state index contributed by atoms with van der Waals surface area (Å²) in [5.74, 6) is 8.00. The third-order valence-corrected chi connectivity index (χ3v) is 2.58. The average Bonchev–Trinajstić information content (AvgIpc) is 1.85. The molecule has 0 rings (SSSR count). The van der Waals surface area contributed by atoms with Crippen LogP contribution in [-0.4, -0.2) is 17.1 Å². The van der Waals surface area contributed by atoms with Gasteiger partial charge in [0.05, 0.1) is 12.2 Å². The molecule has 5 nitrogen and oxygen atoms in total. The quantitative estimate of drug-likeness (QED) is 0.377. The van der Waals surface area contributed by atoms with Crippen molar-refractivity contribution in [1.82, 2.24) is 0 Å². The highest BCUT2D eigenvalue weighted by Gasteiger charge is 2.18. The molecule has 0 aliphatic heterocycles. The molecule has 0 aliphatic rings. The van der Waals surface area contributed by atoms with Crippen molar-refractivity contribution in [2.75, 3.05) is 0 Å². The Morgan fingerprint density at radius 3 is 1.46 bits per heavy atom. The summed E-state index contributed by atoms with van der Waals surface area (Å²) in [5, 5.41) is 0. The van der Waals surface area contributed by atoms with E-state index >= 15 is 0 Å². The van der Waals surface area contributed by atoms with Crippen molar-refractivity contribution < 1.29 is 13.9 Å². The van der Waals surface area contributed by atoms with Gasteiger partial charge in [-0.25, -0.2) is 0 Å². The second-order valence-electron chi connectivity index (χ2n) is 2.78. The fourth-order valence-corrected chi connectivity index (χ4v) is 2.71. The van der Waals surface area contributed by atoms with E-state index in [9.17, 15) is 4.89 Å². The van der Waals surface area contributed by atoms with E-state index < -0.39 is 6.72 Å². The van der Waals surface area contributed by atoms with Gasteiger partial charge in [-0.15, -0.1) is 0 Å². The molecular weight excluding hydrogens is 211 g/mol. The minimum Gasteiger partial charge on any atom is -0.324 e. The van der Waals surface area contributed by atoms with Crippen LogP contribution in [0.2, 0.25) is 0 Å². The Hall–Kier alpha value is 0.450. The first-order valence-corrected chi connectivity index (χ1v) is 6.45. The minimum atomic E-state index is -2.97. The lowest BCUT2D eigenvalue weighted by atomic mass is 10.5. The second-order valence-corrected chi connectivity index (χ2v) is 5.52. The molecule has 13 heavy (non-hydrogen) atoms. The fraction of sp³-hybridized carbons (Fsp3) is 1.00. The van der Waals surface area contributed by atoms with E-state index in [-0.39, 0.29) is 12.2 Å². The zero-order valence-corrected chi connectivity index (χ0v) is 10.1. The number of rotatable bonds is 4. The van der Waals surface area contributed by atoms with Crippen molar-refractivity contribution in [2.24, 2.45) is 11.7 Å². The molecule has 0 aromatic heterocycles. The standard InChI is InChI=1S/C6H15O3PS.H4N2/c1-5(2)8-10(7,11)9-6(3)4;1-2/h5-6H,1-4H3,(H,7,11);1-2H2. The Kier molecular flexibility index (Phi) is 9.56. The van der Waals surface area contributed by atoms with Crippen LogP contribution in [0, 0.1) is 0 Å². The van der Waals surface area contributed by atoms with Crippen LogP contribution in [0.4, 0.5) is 0 Å². The van der Waals surface area contributed by atoms with E-state index in [1.165, 1.54) is 0 Å². The highest BCUT2D eigenvalue weighted by molar-refractivity contribution is 8.07. The topological polar surface area (TPSA) is 90.7 Å². The van der Waals surface area contributed by atoms with Gasteiger partial charge in [-0.1, -0.05) is 0 Å². The van der Waals surface area contributed by atoms with Crippen molar-refractivity contribution in [2.45, 2.75) is 39.9 Å². The Morgan fingerprint density at radius 2 is 1.31 bits per heavy atom. The normalized spacial score (nSPS) is 11.5. The third-order valence-electron chi connectivity index (χ3n) is 0.688. The number of hydrogen-bond donors (Lipinski definition) is 3. The first-order chi connectivity index (χ1) is 5.83. The molecule has 0 atom stereocenters. The number of hydrogen-bond acceptors (Lipinski definition) is 5. The monoisotopic (exact) mass is 230 g/mol. The molecule has 82 valence electrons. The number of nitrogens with two attached hydrogens (primary N) is 2. The second kappa shape index (κ2) is 7.82. The van der Waals surface area contributed by atoms with E-state index in [2.05, 4.69) is 11.7 Å². The van der Waals surface area contributed by atoms with Gasteiger partial charge in [0.1, 0.15) is 0 Å². The van der Waals surface area contributed by atoms with Crippen molar-refractivity contribution in [3.8, 4) is 0 Å². The highest BCUT2D eigenvalue weighted by atomic mass is 32.5. The smallest absolute Gasteiger partial charge is 0.324 e. The highest BCUT2D eigenvalue weighted by Crippen LogP contribution is 2.45. The van der Waals surface area contributed by atoms with Gasteiger partial charge in [0.15, 0.2) is 0 Å². The van der Waals surface area contributed by atoms with Crippen molar-refractivity contribution in [3.63, 3.8) is 0 Å². The van der Waals surface area contributed by atoms with E-state index in [4.69, 9.17) is 20.9 Å². The largest absolute Gasteiger partial charge is 0.325 e. The lowest BCUT2D eigenvalue weighted by molar-refractivity contribution is 0.136. The zero-order valence-electron chi connectivity index (χ0n) is 8.43. The molecule has 0 heterocycles. The molecule has 0 bridgehead atoms. The Morgan fingerprint density at radius 1 is 1.08 bits per heavy atom. The van der Waals surface area contributed by atoms with Gasteiger partial charge in [0, 0.05) is 0 Å². The Balaban J connectivity index is 0. The van der Waals surface area contributed by atoms with Crippen LogP contribution < -0.4 is 11.7 Å². The van der Waals surface area contributed by atoms with E-state index in [0.29, 0.717) is 0 Å². The third kappa shape index (κ3) is 12.4. The summed E-state index contributed by atoms with van der Waals surface area (Å²) in [6.45, 7) is 4.25. The first kappa shape index (κ1) is 15.9. The maximum absolute atomic E-state index is 9.34. The van der Waals surface area contributed by atoms with Crippen LogP contribution in [-0.2, 0) is 20.9 Å². The van der Waals surface area contributed by atoms with Gasteiger partial charge < -0.3 is 13.9 Å². The lowest BCUT2D eigenvalue weighted by Gasteiger charge is -2.19. The summed E-state index contributed by atoms with van der Waals surface area (Å²) in [4.78, 5) is 9.34. The van der Waals surface area contributed by atoms with Crippen molar-refractivity contribution >= 4 is 18.5 Å². The predicted molar refractivity (Wildman–Crippen MR) is 57.3 cm³/mol. The van der Waals surface area contributed by atoms with Crippen LogP contribution in [0.5, 0.6) is 0 Å². The summed E-state index contributed by atoms with van der Waals surface area (Å²) < 4.78 is 10.0. The maximum atomic E-state index is 9.34. The summed E-state index contributed by atoms with van der Waals surface area (Å²) in [6, 6.07) is 0. The molecule has 0 radical (unpaired) electrons. The molecule has 0 fully saturated rings. The molecular formula is C6H19N2O3PS. The molecule has 7 heteroatoms. The summed E-state index contributed by atoms with van der Waals surface area (Å²) in [5.41, 5.74) is 0. The Labute approximate surface area is 84.6 Å². The van der Waals surface area contributed by atoms with E-state index in [0.717, 1.165) is 0 Å². The van der Waals surface area contributed by atoms with Gasteiger partial charge in [0.2, 0.25) is 0 Å². The van der Waals surface area contributed by atoms with E-state index in [1.807, 2.05) is 0 Å². The average molecular weight is 230 g/mol. The Bertz CT molecular complexity index is 152. The molecule has 0 saturated heterocycles. The van der Waals surface area contributed by atoms with Crippen LogP contribution >= 0.6 is 6.72 Å². The van der Waals surface area contributed by atoms with Gasteiger partial charge in [-0.2, -0.15) is 0 Å². The summed E-state index contributed by atoms with van der Waals surface area (Å²) in [6.07, 6.45) is -0.186. The van der Waals surface area contributed by atoms with Gasteiger partial charge in [0.25, 0.3) is 0 Å². The van der Waals surface area contributed by atoms with Crippen molar-refractivity contribution in [1.29, 1.82) is 0 Å². The fourth-order valence-electron chi connectivity index (χ4n) is 0.558. The van der Waals surface area contributed by atoms with E-state index in [1.54, 1.807) is 27.7 Å². The molecule has 0 aromatic rings. The first-order valence-electron chi connectivity index (χ1n) is 3.86. The number of hydrazine groups is 1.